The molecule has 0 atom stereocenters. The van der Waals surface area contributed by atoms with Crippen molar-refractivity contribution in [2.24, 2.45) is 0 Å². The zero-order valence-corrected chi connectivity index (χ0v) is 11.8. The lowest BCUT2D eigenvalue weighted by Gasteiger charge is -2.22. The number of nitrogens with two attached hydrogens (primary N) is 1. The van der Waals surface area contributed by atoms with Crippen LogP contribution in [0.3, 0.4) is 0 Å². The van der Waals surface area contributed by atoms with Crippen molar-refractivity contribution in [1.82, 2.24) is 0 Å². The van der Waals surface area contributed by atoms with E-state index < -0.39 is 5.60 Å². The highest BCUT2D eigenvalue weighted by molar-refractivity contribution is 5.93. The van der Waals surface area contributed by atoms with Crippen LogP contribution in [0.25, 0.3) is 0 Å². The lowest BCUT2D eigenvalue weighted by atomic mass is 10.0. The fraction of sp³-hybridized carbons (Fsp3) is 0.500. The van der Waals surface area contributed by atoms with Gasteiger partial charge in [-0.1, -0.05) is 0 Å². The van der Waals surface area contributed by atoms with Crippen molar-refractivity contribution in [1.29, 1.82) is 0 Å². The first-order valence-corrected chi connectivity index (χ1v) is 5.97. The molecule has 0 radical (unpaired) electrons. The third kappa shape index (κ3) is 3.74. The number of rotatable bonds is 4. The number of nitrogen functional groups attached to an aromatic ring is 1. The van der Waals surface area contributed by atoms with Crippen LogP contribution in [-0.4, -0.2) is 18.6 Å². The molecule has 0 saturated heterocycles. The Bertz CT molecular complexity index is 430. The molecule has 0 unspecified atom stereocenters. The second kappa shape index (κ2) is 5.40. The maximum absolute atomic E-state index is 12.0. The number of aryl methyl sites for hydroxylation is 2. The van der Waals surface area contributed by atoms with Gasteiger partial charge in [0.05, 0.1) is 12.0 Å². The summed E-state index contributed by atoms with van der Waals surface area (Å²) >= 11 is 0. The predicted octanol–water partition coefficient (Wildman–Crippen LogP) is 2.64. The SMILES string of the molecule is COC(C)(C)CC(=O)Nc1c(C)cc(N)cc1C. The number of amides is 1. The second-order valence-corrected chi connectivity index (χ2v) is 5.22. The van der Waals surface area contributed by atoms with Crippen LogP contribution < -0.4 is 11.1 Å². The van der Waals surface area contributed by atoms with Crippen LogP contribution in [0.5, 0.6) is 0 Å². The molecule has 0 saturated carbocycles. The zero-order valence-electron chi connectivity index (χ0n) is 11.8. The van der Waals surface area contributed by atoms with E-state index in [0.29, 0.717) is 12.1 Å². The molecule has 0 aliphatic carbocycles. The Morgan fingerprint density at radius 2 is 1.83 bits per heavy atom. The number of benzene rings is 1. The minimum absolute atomic E-state index is 0.0576. The highest BCUT2D eigenvalue weighted by Gasteiger charge is 2.21. The predicted molar refractivity (Wildman–Crippen MR) is 74.7 cm³/mol. The molecule has 0 spiro atoms. The van der Waals surface area contributed by atoms with Gasteiger partial charge in [0.15, 0.2) is 0 Å². The molecule has 0 bridgehead atoms. The molecule has 1 aromatic rings. The molecule has 4 nitrogen and oxygen atoms in total. The van der Waals surface area contributed by atoms with Gasteiger partial charge in [-0.05, 0) is 51.0 Å². The molecule has 1 aromatic carbocycles. The van der Waals surface area contributed by atoms with E-state index in [-0.39, 0.29) is 5.91 Å². The first-order chi connectivity index (χ1) is 8.25. The van der Waals surface area contributed by atoms with E-state index in [2.05, 4.69) is 5.32 Å². The minimum atomic E-state index is -0.459. The summed E-state index contributed by atoms with van der Waals surface area (Å²) in [6.45, 7) is 7.63. The molecule has 0 aromatic heterocycles. The van der Waals surface area contributed by atoms with Gasteiger partial charge in [0, 0.05) is 18.5 Å². The van der Waals surface area contributed by atoms with E-state index in [4.69, 9.17) is 10.5 Å². The van der Waals surface area contributed by atoms with Crippen LogP contribution in [0.2, 0.25) is 0 Å². The topological polar surface area (TPSA) is 64.3 Å². The van der Waals surface area contributed by atoms with Crippen molar-refractivity contribution < 1.29 is 9.53 Å². The molecule has 3 N–H and O–H groups in total. The van der Waals surface area contributed by atoms with E-state index in [9.17, 15) is 4.79 Å². The fourth-order valence-electron chi connectivity index (χ4n) is 1.84. The lowest BCUT2D eigenvalue weighted by Crippen LogP contribution is -2.29. The Balaban J connectivity index is 2.83. The summed E-state index contributed by atoms with van der Waals surface area (Å²) < 4.78 is 5.24. The maximum Gasteiger partial charge on any atom is 0.227 e. The van der Waals surface area contributed by atoms with Gasteiger partial charge < -0.3 is 15.8 Å². The molecular formula is C14H22N2O2. The quantitative estimate of drug-likeness (QED) is 0.807. The van der Waals surface area contributed by atoms with E-state index in [1.54, 1.807) is 7.11 Å². The van der Waals surface area contributed by atoms with Gasteiger partial charge in [0.2, 0.25) is 5.91 Å². The van der Waals surface area contributed by atoms with E-state index in [1.165, 1.54) is 0 Å². The summed E-state index contributed by atoms with van der Waals surface area (Å²) in [4.78, 5) is 12.0. The number of anilines is 2. The Morgan fingerprint density at radius 3 is 2.28 bits per heavy atom. The van der Waals surface area contributed by atoms with Crippen LogP contribution in [0.4, 0.5) is 11.4 Å². The third-order valence-electron chi connectivity index (χ3n) is 2.96. The summed E-state index contributed by atoms with van der Waals surface area (Å²) in [5.41, 5.74) is 8.77. The Labute approximate surface area is 109 Å². The van der Waals surface area contributed by atoms with Crippen LogP contribution >= 0.6 is 0 Å². The van der Waals surface area contributed by atoms with Crippen molar-refractivity contribution in [3.63, 3.8) is 0 Å². The number of ether oxygens (including phenoxy) is 1. The molecule has 1 rings (SSSR count). The first kappa shape index (κ1) is 14.5. The first-order valence-electron chi connectivity index (χ1n) is 5.97. The van der Waals surface area contributed by atoms with Gasteiger partial charge in [-0.3, -0.25) is 4.79 Å². The summed E-state index contributed by atoms with van der Waals surface area (Å²) in [6, 6.07) is 3.70. The number of carbonyl (C=O) groups is 1. The largest absolute Gasteiger partial charge is 0.399 e. The Kier molecular flexibility index (Phi) is 4.35. The fourth-order valence-corrected chi connectivity index (χ4v) is 1.84. The molecule has 0 fully saturated rings. The van der Waals surface area contributed by atoms with E-state index in [0.717, 1.165) is 16.8 Å². The van der Waals surface area contributed by atoms with Crippen molar-refractivity contribution >= 4 is 17.3 Å². The van der Waals surface area contributed by atoms with Crippen LogP contribution in [0, 0.1) is 13.8 Å². The Hall–Kier alpha value is -1.55. The molecule has 18 heavy (non-hydrogen) atoms. The number of hydrogen-bond acceptors (Lipinski definition) is 3. The van der Waals surface area contributed by atoms with Crippen LogP contribution in [0.15, 0.2) is 12.1 Å². The van der Waals surface area contributed by atoms with Gasteiger partial charge in [0.25, 0.3) is 0 Å². The van der Waals surface area contributed by atoms with Crippen LogP contribution in [-0.2, 0) is 9.53 Å². The van der Waals surface area contributed by atoms with Crippen LogP contribution in [0.1, 0.15) is 31.4 Å². The third-order valence-corrected chi connectivity index (χ3v) is 2.96. The smallest absolute Gasteiger partial charge is 0.227 e. The molecule has 4 heteroatoms. The highest BCUT2D eigenvalue weighted by Crippen LogP contribution is 2.24. The molecule has 100 valence electrons. The van der Waals surface area contributed by atoms with Gasteiger partial charge in [-0.15, -0.1) is 0 Å². The number of nitrogens with one attached hydrogen (secondary N) is 1. The van der Waals surface area contributed by atoms with E-state index >= 15 is 0 Å². The van der Waals surface area contributed by atoms with Gasteiger partial charge >= 0.3 is 0 Å². The van der Waals surface area contributed by atoms with Crippen molar-refractivity contribution in [3.05, 3.63) is 23.3 Å². The number of methoxy groups -OCH3 is 1. The van der Waals surface area contributed by atoms with Crippen molar-refractivity contribution in [2.45, 2.75) is 39.7 Å². The van der Waals surface area contributed by atoms with Crippen molar-refractivity contribution in [3.8, 4) is 0 Å². The van der Waals surface area contributed by atoms with Gasteiger partial charge in [-0.2, -0.15) is 0 Å². The standard InChI is InChI=1S/C14H22N2O2/c1-9-6-11(15)7-10(2)13(9)16-12(17)8-14(3,4)18-5/h6-7H,8,15H2,1-5H3,(H,16,17). The molecular weight excluding hydrogens is 228 g/mol. The second-order valence-electron chi connectivity index (χ2n) is 5.22. The summed E-state index contributed by atoms with van der Waals surface area (Å²) in [5, 5.41) is 2.92. The number of hydrogen-bond donors (Lipinski definition) is 2. The summed E-state index contributed by atoms with van der Waals surface area (Å²) in [7, 11) is 1.60. The van der Waals surface area contributed by atoms with Gasteiger partial charge in [-0.25, -0.2) is 0 Å². The van der Waals surface area contributed by atoms with Crippen molar-refractivity contribution in [2.75, 3.05) is 18.2 Å². The molecule has 0 heterocycles. The zero-order chi connectivity index (χ0) is 13.9. The normalized spacial score (nSPS) is 11.4. The number of carbonyl (C=O) groups excluding carboxylic acids is 1. The molecule has 1 amide bonds. The summed E-state index contributed by atoms with van der Waals surface area (Å²) in [6.07, 6.45) is 0.312. The molecule has 0 aliphatic rings. The lowest BCUT2D eigenvalue weighted by molar-refractivity contribution is -0.121. The summed E-state index contributed by atoms with van der Waals surface area (Å²) in [5.74, 6) is -0.0576. The Morgan fingerprint density at radius 1 is 1.33 bits per heavy atom. The maximum atomic E-state index is 12.0. The average Bonchev–Trinajstić information content (AvgIpc) is 2.22. The van der Waals surface area contributed by atoms with E-state index in [1.807, 2.05) is 39.8 Å². The minimum Gasteiger partial charge on any atom is -0.399 e. The monoisotopic (exact) mass is 250 g/mol. The average molecular weight is 250 g/mol. The highest BCUT2D eigenvalue weighted by atomic mass is 16.5. The van der Waals surface area contributed by atoms with Gasteiger partial charge in [0.1, 0.15) is 0 Å². The molecule has 0 aliphatic heterocycles.